The SMILES string of the molecule is CC1(C)OB([C@@H](N)c2ccc(Cl)cc2C(F)(F)F)OC1(C)C. The average Bonchev–Trinajstić information content (AvgIpc) is 2.56. The monoisotopic (exact) mass is 335 g/mol. The van der Waals surface area contributed by atoms with E-state index in [9.17, 15) is 13.2 Å². The quantitative estimate of drug-likeness (QED) is 0.831. The molecule has 0 aromatic heterocycles. The molecule has 1 atom stereocenters. The van der Waals surface area contributed by atoms with Crippen molar-refractivity contribution in [2.45, 2.75) is 51.0 Å². The van der Waals surface area contributed by atoms with Gasteiger partial charge in [0.15, 0.2) is 0 Å². The van der Waals surface area contributed by atoms with E-state index in [2.05, 4.69) is 0 Å². The fourth-order valence-electron chi connectivity index (χ4n) is 2.25. The van der Waals surface area contributed by atoms with Gasteiger partial charge in [0, 0.05) is 5.02 Å². The molecule has 1 saturated heterocycles. The summed E-state index contributed by atoms with van der Waals surface area (Å²) < 4.78 is 51.0. The summed E-state index contributed by atoms with van der Waals surface area (Å²) in [4.78, 5) is 0. The van der Waals surface area contributed by atoms with Crippen LogP contribution in [0.5, 0.6) is 0 Å². The Balaban J connectivity index is 2.38. The standard InChI is InChI=1S/C14H18BClF3NO2/c1-12(2)13(3,4)22-15(21-12)11(20)9-6-5-8(16)7-10(9)14(17,18)19/h5-7,11H,20H2,1-4H3/t11-/m0/s1. The van der Waals surface area contributed by atoms with E-state index in [0.29, 0.717) is 0 Å². The molecule has 8 heteroatoms. The third-order valence-corrected chi connectivity index (χ3v) is 4.48. The normalized spacial score (nSPS) is 22.0. The number of benzene rings is 1. The molecular formula is C14H18BClF3NO2. The number of nitrogens with two attached hydrogens (primary N) is 1. The molecule has 1 aliphatic rings. The molecule has 1 heterocycles. The van der Waals surface area contributed by atoms with E-state index in [-0.39, 0.29) is 10.6 Å². The van der Waals surface area contributed by atoms with Gasteiger partial charge < -0.3 is 15.0 Å². The van der Waals surface area contributed by atoms with E-state index >= 15 is 0 Å². The summed E-state index contributed by atoms with van der Waals surface area (Å²) in [6.45, 7) is 7.25. The van der Waals surface area contributed by atoms with Gasteiger partial charge in [0.25, 0.3) is 0 Å². The molecule has 0 spiro atoms. The van der Waals surface area contributed by atoms with E-state index in [1.807, 2.05) is 27.7 Å². The lowest BCUT2D eigenvalue weighted by atomic mass is 9.73. The van der Waals surface area contributed by atoms with Gasteiger partial charge in [0.1, 0.15) is 0 Å². The molecule has 1 aliphatic heterocycles. The molecule has 0 aliphatic carbocycles. The fraction of sp³-hybridized carbons (Fsp3) is 0.571. The van der Waals surface area contributed by atoms with Crippen molar-refractivity contribution < 1.29 is 22.5 Å². The van der Waals surface area contributed by atoms with Gasteiger partial charge in [0.2, 0.25) is 0 Å². The Kier molecular flexibility index (Phi) is 4.32. The number of halogens is 4. The van der Waals surface area contributed by atoms with Crippen molar-refractivity contribution >= 4 is 18.7 Å². The zero-order valence-electron chi connectivity index (χ0n) is 12.8. The van der Waals surface area contributed by atoms with Gasteiger partial charge in [-0.15, -0.1) is 0 Å². The fourth-order valence-corrected chi connectivity index (χ4v) is 2.42. The van der Waals surface area contributed by atoms with Crippen molar-refractivity contribution in [2.24, 2.45) is 5.73 Å². The lowest BCUT2D eigenvalue weighted by molar-refractivity contribution is -0.138. The molecule has 0 bridgehead atoms. The highest BCUT2D eigenvalue weighted by Crippen LogP contribution is 2.42. The molecule has 2 rings (SSSR count). The third-order valence-electron chi connectivity index (χ3n) is 4.24. The van der Waals surface area contributed by atoms with E-state index in [1.165, 1.54) is 12.1 Å². The van der Waals surface area contributed by atoms with E-state index in [0.717, 1.165) is 6.07 Å². The molecule has 1 fully saturated rings. The second-order valence-electron chi connectivity index (χ2n) is 6.38. The van der Waals surface area contributed by atoms with Crippen molar-refractivity contribution in [1.82, 2.24) is 0 Å². The van der Waals surface area contributed by atoms with Crippen molar-refractivity contribution in [1.29, 1.82) is 0 Å². The van der Waals surface area contributed by atoms with Crippen LogP contribution in [0.1, 0.15) is 44.8 Å². The minimum Gasteiger partial charge on any atom is -0.402 e. The van der Waals surface area contributed by atoms with Crippen molar-refractivity contribution in [2.75, 3.05) is 0 Å². The molecular weight excluding hydrogens is 317 g/mol. The molecule has 0 unspecified atom stereocenters. The Hall–Kier alpha value is -0.755. The van der Waals surface area contributed by atoms with Crippen molar-refractivity contribution in [3.8, 4) is 0 Å². The van der Waals surface area contributed by atoms with E-state index in [4.69, 9.17) is 26.6 Å². The van der Waals surface area contributed by atoms with Crippen LogP contribution >= 0.6 is 11.6 Å². The number of rotatable bonds is 2. The largest absolute Gasteiger partial charge is 0.480 e. The summed E-state index contributed by atoms with van der Waals surface area (Å²) in [5.74, 6) is -1.07. The first-order valence-electron chi connectivity index (χ1n) is 6.83. The average molecular weight is 336 g/mol. The summed E-state index contributed by atoms with van der Waals surface area (Å²) in [6.07, 6.45) is -4.55. The number of hydrogen-bond donors (Lipinski definition) is 1. The topological polar surface area (TPSA) is 44.5 Å². The first-order chi connectivity index (χ1) is 9.85. The third kappa shape index (κ3) is 3.13. The molecule has 0 radical (unpaired) electrons. The molecule has 2 N–H and O–H groups in total. The predicted octanol–water partition coefficient (Wildman–Crippen LogP) is 3.99. The van der Waals surface area contributed by atoms with Crippen LogP contribution in [0.15, 0.2) is 18.2 Å². The lowest BCUT2D eigenvalue weighted by Crippen LogP contribution is -2.41. The predicted molar refractivity (Wildman–Crippen MR) is 79.5 cm³/mol. The minimum absolute atomic E-state index is 0.00260. The number of alkyl halides is 3. The van der Waals surface area contributed by atoms with Crippen LogP contribution in [0, 0.1) is 0 Å². The van der Waals surface area contributed by atoms with Gasteiger partial charge in [-0.25, -0.2) is 0 Å². The van der Waals surface area contributed by atoms with Crippen LogP contribution < -0.4 is 5.73 Å². The van der Waals surface area contributed by atoms with Gasteiger partial charge in [-0.05, 0) is 45.4 Å². The van der Waals surface area contributed by atoms with Crippen LogP contribution in [-0.4, -0.2) is 18.3 Å². The Labute approximate surface area is 133 Å². The molecule has 0 amide bonds. The van der Waals surface area contributed by atoms with E-state index in [1.54, 1.807) is 0 Å². The van der Waals surface area contributed by atoms with Crippen molar-refractivity contribution in [3.05, 3.63) is 34.3 Å². The Morgan fingerprint density at radius 3 is 2.09 bits per heavy atom. The molecule has 22 heavy (non-hydrogen) atoms. The Morgan fingerprint density at radius 2 is 1.64 bits per heavy atom. The van der Waals surface area contributed by atoms with Gasteiger partial charge in [-0.1, -0.05) is 17.7 Å². The lowest BCUT2D eigenvalue weighted by Gasteiger charge is -2.32. The van der Waals surface area contributed by atoms with Crippen LogP contribution in [0.2, 0.25) is 5.02 Å². The second-order valence-corrected chi connectivity index (χ2v) is 6.82. The molecule has 1 aromatic rings. The Bertz CT molecular complexity index is 562. The first kappa shape index (κ1) is 17.6. The first-order valence-corrected chi connectivity index (χ1v) is 7.21. The van der Waals surface area contributed by atoms with Crippen molar-refractivity contribution in [3.63, 3.8) is 0 Å². The van der Waals surface area contributed by atoms with E-state index < -0.39 is 36.0 Å². The molecule has 0 saturated carbocycles. The molecule has 3 nitrogen and oxygen atoms in total. The highest BCUT2D eigenvalue weighted by Gasteiger charge is 2.54. The van der Waals surface area contributed by atoms with Crippen LogP contribution in [0.4, 0.5) is 13.2 Å². The van der Waals surface area contributed by atoms with Crippen LogP contribution in [0.3, 0.4) is 0 Å². The maximum Gasteiger partial charge on any atom is 0.480 e. The molecule has 1 aromatic carbocycles. The summed E-state index contributed by atoms with van der Waals surface area (Å²) in [5, 5.41) is -0.00260. The number of hydrogen-bond acceptors (Lipinski definition) is 3. The van der Waals surface area contributed by atoms with Gasteiger partial charge >= 0.3 is 13.3 Å². The smallest absolute Gasteiger partial charge is 0.402 e. The second kappa shape index (κ2) is 5.41. The zero-order chi connectivity index (χ0) is 16.9. The Morgan fingerprint density at radius 1 is 1.14 bits per heavy atom. The van der Waals surface area contributed by atoms with Gasteiger partial charge in [0.05, 0.1) is 22.7 Å². The maximum atomic E-state index is 13.2. The van der Waals surface area contributed by atoms with Gasteiger partial charge in [-0.3, -0.25) is 0 Å². The highest BCUT2D eigenvalue weighted by atomic mass is 35.5. The zero-order valence-corrected chi connectivity index (χ0v) is 13.5. The summed E-state index contributed by atoms with van der Waals surface area (Å²) >= 11 is 5.67. The highest BCUT2D eigenvalue weighted by molar-refractivity contribution is 6.47. The summed E-state index contributed by atoms with van der Waals surface area (Å²) in [7, 11) is -0.965. The maximum absolute atomic E-state index is 13.2. The van der Waals surface area contributed by atoms with Crippen LogP contribution in [0.25, 0.3) is 0 Å². The van der Waals surface area contributed by atoms with Crippen LogP contribution in [-0.2, 0) is 15.5 Å². The summed E-state index contributed by atoms with van der Waals surface area (Å²) in [6, 6.07) is 3.50. The van der Waals surface area contributed by atoms with Gasteiger partial charge in [-0.2, -0.15) is 13.2 Å². The minimum atomic E-state index is -4.55. The molecule has 122 valence electrons. The summed E-state index contributed by atoms with van der Waals surface area (Å²) in [5.41, 5.74) is 3.69.